The third-order valence-corrected chi connectivity index (χ3v) is 4.77. The van der Waals surface area contributed by atoms with Crippen molar-refractivity contribution in [3.8, 4) is 5.75 Å². The number of benzene rings is 2. The van der Waals surface area contributed by atoms with E-state index in [4.69, 9.17) is 4.74 Å². The molecular weight excluding hydrogens is 366 g/mol. The Labute approximate surface area is 171 Å². The van der Waals surface area contributed by atoms with Crippen molar-refractivity contribution < 1.29 is 14.3 Å². The quantitative estimate of drug-likeness (QED) is 0.729. The van der Waals surface area contributed by atoms with Crippen LogP contribution in [-0.2, 0) is 11.2 Å². The summed E-state index contributed by atoms with van der Waals surface area (Å²) >= 11 is 0. The van der Waals surface area contributed by atoms with Crippen molar-refractivity contribution in [1.29, 1.82) is 0 Å². The molecule has 1 aliphatic rings. The number of nitrogens with one attached hydrogen (secondary N) is 2. The van der Waals surface area contributed by atoms with Crippen LogP contribution in [0.3, 0.4) is 0 Å². The topological polar surface area (TPSA) is 70.7 Å². The highest BCUT2D eigenvalue weighted by atomic mass is 16.5. The van der Waals surface area contributed by atoms with E-state index in [1.807, 2.05) is 44.2 Å². The summed E-state index contributed by atoms with van der Waals surface area (Å²) < 4.78 is 5.86. The van der Waals surface area contributed by atoms with Gasteiger partial charge in [-0.25, -0.2) is 4.79 Å². The molecule has 0 spiro atoms. The van der Waals surface area contributed by atoms with Crippen LogP contribution in [-0.4, -0.2) is 31.6 Å². The van der Waals surface area contributed by atoms with E-state index < -0.39 is 5.41 Å². The Balaban J connectivity index is 1.69. The molecule has 0 saturated carbocycles. The van der Waals surface area contributed by atoms with Crippen molar-refractivity contribution in [2.45, 2.75) is 20.3 Å². The largest absolute Gasteiger partial charge is 0.490 e. The summed E-state index contributed by atoms with van der Waals surface area (Å²) in [6.07, 6.45) is 2.43. The second kappa shape index (κ2) is 8.82. The van der Waals surface area contributed by atoms with Crippen molar-refractivity contribution in [2.75, 3.05) is 29.9 Å². The molecule has 6 heteroatoms. The van der Waals surface area contributed by atoms with E-state index in [9.17, 15) is 9.59 Å². The molecule has 2 aromatic carbocycles. The molecule has 0 atom stereocenters. The van der Waals surface area contributed by atoms with Gasteiger partial charge in [-0.2, -0.15) is 0 Å². The predicted octanol–water partition coefficient (Wildman–Crippen LogP) is 3.99. The lowest BCUT2D eigenvalue weighted by atomic mass is 9.93. The number of ether oxygens (including phenoxy) is 1. The highest BCUT2D eigenvalue weighted by Crippen LogP contribution is 2.38. The van der Waals surface area contributed by atoms with Crippen molar-refractivity contribution in [1.82, 2.24) is 5.32 Å². The van der Waals surface area contributed by atoms with Gasteiger partial charge in [-0.05, 0) is 44.0 Å². The van der Waals surface area contributed by atoms with Crippen molar-refractivity contribution in [3.63, 3.8) is 0 Å². The third-order valence-electron chi connectivity index (χ3n) is 4.77. The minimum absolute atomic E-state index is 0.0411. The second-order valence-electron chi connectivity index (χ2n) is 7.68. The molecule has 3 amide bonds. The lowest BCUT2D eigenvalue weighted by molar-refractivity contribution is -0.127. The van der Waals surface area contributed by atoms with E-state index >= 15 is 0 Å². The van der Waals surface area contributed by atoms with Crippen molar-refractivity contribution in [3.05, 3.63) is 66.7 Å². The number of hydrogen-bond acceptors (Lipinski definition) is 3. The van der Waals surface area contributed by atoms with Crippen LogP contribution in [0.4, 0.5) is 16.2 Å². The number of rotatable bonds is 6. The van der Waals surface area contributed by atoms with Crippen LogP contribution >= 0.6 is 0 Å². The molecule has 0 bridgehead atoms. The summed E-state index contributed by atoms with van der Waals surface area (Å²) in [5.41, 5.74) is 1.73. The molecule has 0 aliphatic carbocycles. The number of amides is 3. The first kappa shape index (κ1) is 20.5. The average Bonchev–Trinajstić information content (AvgIpc) is 2.79. The Bertz CT molecular complexity index is 893. The summed E-state index contributed by atoms with van der Waals surface area (Å²) in [6.45, 7) is 8.66. The molecular formula is C23H27N3O3. The SMILES string of the molecule is C=CCN1C(=O)C(C)(C)COc2ccc(NC(=O)NCCc3ccccc3)cc21. The molecule has 0 fully saturated rings. The van der Waals surface area contributed by atoms with Gasteiger partial charge in [-0.1, -0.05) is 36.4 Å². The van der Waals surface area contributed by atoms with Gasteiger partial charge in [0.2, 0.25) is 5.91 Å². The number of urea groups is 1. The molecule has 1 aliphatic heterocycles. The van der Waals surface area contributed by atoms with Crippen LogP contribution in [0.5, 0.6) is 5.75 Å². The molecule has 1 heterocycles. The Morgan fingerprint density at radius 1 is 1.24 bits per heavy atom. The summed E-state index contributed by atoms with van der Waals surface area (Å²) in [4.78, 5) is 26.8. The average molecular weight is 393 g/mol. The van der Waals surface area contributed by atoms with Gasteiger partial charge in [-0.3, -0.25) is 4.79 Å². The van der Waals surface area contributed by atoms with Gasteiger partial charge >= 0.3 is 6.03 Å². The number of hydrogen-bond donors (Lipinski definition) is 2. The lowest BCUT2D eigenvalue weighted by Gasteiger charge is -2.27. The van der Waals surface area contributed by atoms with Crippen LogP contribution in [0.15, 0.2) is 61.2 Å². The highest BCUT2D eigenvalue weighted by molar-refractivity contribution is 6.00. The molecule has 3 rings (SSSR count). The first-order chi connectivity index (χ1) is 13.9. The zero-order valence-electron chi connectivity index (χ0n) is 16.9. The summed E-state index contributed by atoms with van der Waals surface area (Å²) in [5.74, 6) is 0.571. The highest BCUT2D eigenvalue weighted by Gasteiger charge is 2.37. The maximum absolute atomic E-state index is 12.9. The number of carbonyl (C=O) groups is 2. The van der Waals surface area contributed by atoms with E-state index in [0.717, 1.165) is 12.0 Å². The fourth-order valence-electron chi connectivity index (χ4n) is 3.17. The molecule has 2 N–H and O–H groups in total. The number of anilines is 2. The fraction of sp³-hybridized carbons (Fsp3) is 0.304. The van der Waals surface area contributed by atoms with Gasteiger partial charge in [0.1, 0.15) is 12.4 Å². The van der Waals surface area contributed by atoms with E-state index in [1.54, 1.807) is 29.2 Å². The normalized spacial score (nSPS) is 15.0. The molecule has 0 saturated heterocycles. The maximum atomic E-state index is 12.9. The number of nitrogens with zero attached hydrogens (tertiary/aromatic N) is 1. The van der Waals surface area contributed by atoms with Crippen LogP contribution in [0.25, 0.3) is 0 Å². The van der Waals surface area contributed by atoms with Crippen molar-refractivity contribution in [2.24, 2.45) is 5.41 Å². The van der Waals surface area contributed by atoms with Gasteiger partial charge in [-0.15, -0.1) is 6.58 Å². The van der Waals surface area contributed by atoms with Crippen LogP contribution in [0.1, 0.15) is 19.4 Å². The monoisotopic (exact) mass is 393 g/mol. The minimum Gasteiger partial charge on any atom is -0.490 e. The minimum atomic E-state index is -0.648. The third kappa shape index (κ3) is 4.96. The van der Waals surface area contributed by atoms with Gasteiger partial charge < -0.3 is 20.3 Å². The Morgan fingerprint density at radius 2 is 2.00 bits per heavy atom. The van der Waals surface area contributed by atoms with E-state index in [-0.39, 0.29) is 11.9 Å². The van der Waals surface area contributed by atoms with Gasteiger partial charge in [0.25, 0.3) is 0 Å². The summed E-state index contributed by atoms with van der Waals surface area (Å²) in [6, 6.07) is 15.0. The molecule has 29 heavy (non-hydrogen) atoms. The van der Waals surface area contributed by atoms with E-state index in [1.165, 1.54) is 0 Å². The van der Waals surface area contributed by atoms with E-state index in [0.29, 0.717) is 36.8 Å². The predicted molar refractivity (Wildman–Crippen MR) is 115 cm³/mol. The van der Waals surface area contributed by atoms with Gasteiger partial charge in [0.15, 0.2) is 0 Å². The number of carbonyl (C=O) groups excluding carboxylic acids is 2. The zero-order chi connectivity index (χ0) is 20.9. The summed E-state index contributed by atoms with van der Waals surface area (Å²) in [7, 11) is 0. The summed E-state index contributed by atoms with van der Waals surface area (Å²) in [5, 5.41) is 5.68. The molecule has 0 unspecified atom stereocenters. The molecule has 152 valence electrons. The number of fused-ring (bicyclic) bond motifs is 1. The Hall–Kier alpha value is -3.28. The smallest absolute Gasteiger partial charge is 0.319 e. The zero-order valence-corrected chi connectivity index (χ0v) is 16.9. The Kier molecular flexibility index (Phi) is 6.22. The second-order valence-corrected chi connectivity index (χ2v) is 7.68. The first-order valence-corrected chi connectivity index (χ1v) is 9.69. The first-order valence-electron chi connectivity index (χ1n) is 9.69. The molecule has 0 aromatic heterocycles. The Morgan fingerprint density at radius 3 is 2.72 bits per heavy atom. The molecule has 0 radical (unpaired) electrons. The fourth-order valence-corrected chi connectivity index (χ4v) is 3.17. The van der Waals surface area contributed by atoms with Gasteiger partial charge in [0.05, 0.1) is 11.1 Å². The van der Waals surface area contributed by atoms with E-state index in [2.05, 4.69) is 17.2 Å². The van der Waals surface area contributed by atoms with Crippen LogP contribution in [0.2, 0.25) is 0 Å². The van der Waals surface area contributed by atoms with Crippen molar-refractivity contribution >= 4 is 23.3 Å². The van der Waals surface area contributed by atoms with Crippen LogP contribution < -0.4 is 20.3 Å². The standard InChI is InChI=1S/C23H27N3O3/c1-4-14-26-19-15-18(10-11-20(19)29-16-23(2,3)21(26)27)25-22(28)24-13-12-17-8-6-5-7-9-17/h4-11,15H,1,12-14,16H2,2-3H3,(H2,24,25,28). The molecule has 2 aromatic rings. The van der Waals surface area contributed by atoms with Crippen LogP contribution in [0, 0.1) is 5.41 Å². The van der Waals surface area contributed by atoms with Gasteiger partial charge in [0, 0.05) is 18.8 Å². The molecule has 6 nitrogen and oxygen atoms in total. The lowest BCUT2D eigenvalue weighted by Crippen LogP contribution is -2.42. The maximum Gasteiger partial charge on any atom is 0.319 e.